The third-order valence-electron chi connectivity index (χ3n) is 9.44. The molecule has 1 unspecified atom stereocenters. The molecule has 0 spiro atoms. The average molecular weight is 702 g/mol. The fraction of sp³-hybridized carbons (Fsp3) is 0.429. The molecule has 0 radical (unpaired) electrons. The third kappa shape index (κ3) is 6.93. The number of benzene rings is 1. The van der Waals surface area contributed by atoms with Crippen LogP contribution in [-0.4, -0.2) is 83.6 Å². The van der Waals surface area contributed by atoms with E-state index in [9.17, 15) is 28.1 Å². The van der Waals surface area contributed by atoms with Crippen molar-refractivity contribution < 1.29 is 32.3 Å². The summed E-state index contributed by atoms with van der Waals surface area (Å²) in [5, 5.41) is 16.2. The number of nitrogens with zero attached hydrogens (tertiary/aromatic N) is 4. The fourth-order valence-electron chi connectivity index (χ4n) is 6.33. The van der Waals surface area contributed by atoms with Crippen LogP contribution in [0, 0.1) is 23.2 Å². The number of anilines is 1. The topological polar surface area (TPSA) is 193 Å². The lowest BCUT2D eigenvalue weighted by atomic mass is 10.0. The van der Waals surface area contributed by atoms with Gasteiger partial charge in [-0.1, -0.05) is 19.9 Å². The van der Waals surface area contributed by atoms with Crippen LogP contribution in [0.5, 0.6) is 11.6 Å². The van der Waals surface area contributed by atoms with E-state index >= 15 is 0 Å². The number of nitriles is 1. The highest BCUT2D eigenvalue weighted by Gasteiger charge is 2.62. The Hall–Kier alpha value is -5.23. The number of amides is 3. The molecule has 6 rings (SSSR count). The number of carbonyl (C=O) groups excluding carboxylic acids is 3. The molecule has 1 aromatic carbocycles. The maximum absolute atomic E-state index is 14.4. The van der Waals surface area contributed by atoms with E-state index in [4.69, 9.17) is 9.47 Å². The zero-order valence-corrected chi connectivity index (χ0v) is 28.8. The summed E-state index contributed by atoms with van der Waals surface area (Å²) in [7, 11) is -2.31. The molecular formula is C35H39N7O7S. The van der Waals surface area contributed by atoms with Gasteiger partial charge < -0.3 is 25.0 Å². The zero-order valence-electron chi connectivity index (χ0n) is 28.0. The second-order valence-corrected chi connectivity index (χ2v) is 15.2. The summed E-state index contributed by atoms with van der Waals surface area (Å²) in [6.45, 7) is 7.47. The second kappa shape index (κ2) is 13.6. The lowest BCUT2D eigenvalue weighted by molar-refractivity contribution is -0.140. The Morgan fingerprint density at radius 3 is 2.56 bits per heavy atom. The van der Waals surface area contributed by atoms with Crippen molar-refractivity contribution in [3.63, 3.8) is 0 Å². The molecule has 3 fully saturated rings. The Balaban J connectivity index is 1.29. The molecule has 3 amide bonds. The number of rotatable bonds is 13. The molecule has 1 saturated heterocycles. The lowest BCUT2D eigenvalue weighted by Gasteiger charge is -2.31. The highest BCUT2D eigenvalue weighted by Crippen LogP contribution is 2.45. The molecule has 3 aromatic rings. The molecule has 5 atom stereocenters. The van der Waals surface area contributed by atoms with Crippen LogP contribution in [-0.2, 0) is 24.4 Å². The molecule has 2 saturated carbocycles. The van der Waals surface area contributed by atoms with Gasteiger partial charge in [0.25, 0.3) is 5.91 Å². The number of methoxy groups -OCH3 is 1. The van der Waals surface area contributed by atoms with Crippen LogP contribution < -0.4 is 24.8 Å². The van der Waals surface area contributed by atoms with Gasteiger partial charge in [-0.2, -0.15) is 5.26 Å². The fourth-order valence-corrected chi connectivity index (χ4v) is 7.70. The van der Waals surface area contributed by atoms with Crippen molar-refractivity contribution in [2.75, 3.05) is 19.0 Å². The molecular weight excluding hydrogens is 662 g/mol. The SMILES string of the molecule is C=C[C@@H]1C[C@]1(NC(=O)[C@@H]1C[C@@H](Oc2nccc3cc(OC)ccc23)CN1C(=O)C(Nc1cc(C#N)ccn1)C(C)C)C(=O)NS(=O)(=O)C1CC1. The standard InChI is InChI=1S/C35H39N7O7S/c1-5-23-17-35(23,34(45)41-50(46,47)26-7-8-26)40-31(43)28-16-25(49-32-27-9-6-24(48-4)15-22(27)11-13-38-32)19-42(28)33(44)30(20(2)3)39-29-14-21(18-36)10-12-37-29/h5-6,9-15,20,23,25-26,28,30H,1,7-8,16-17,19H2,2-4H3,(H,37,39)(H,40,43)(H,41,45)/t23-,25-,28+,30?,35-/m1/s1. The summed E-state index contributed by atoms with van der Waals surface area (Å²) in [6.07, 6.45) is 5.06. The van der Waals surface area contributed by atoms with Crippen LogP contribution >= 0.6 is 0 Å². The molecule has 50 heavy (non-hydrogen) atoms. The summed E-state index contributed by atoms with van der Waals surface area (Å²) in [6, 6.07) is 10.5. The van der Waals surface area contributed by atoms with Gasteiger partial charge in [-0.15, -0.1) is 6.58 Å². The van der Waals surface area contributed by atoms with E-state index in [0.717, 1.165) is 5.39 Å². The smallest absolute Gasteiger partial charge is 0.259 e. The van der Waals surface area contributed by atoms with Gasteiger partial charge in [0.2, 0.25) is 27.7 Å². The first-order valence-corrected chi connectivity index (χ1v) is 18.0. The molecule has 2 aliphatic carbocycles. The normalized spacial score (nSPS) is 23.4. The van der Waals surface area contributed by atoms with Crippen molar-refractivity contribution in [3.05, 3.63) is 67.0 Å². The minimum Gasteiger partial charge on any atom is -0.497 e. The van der Waals surface area contributed by atoms with E-state index in [-0.39, 0.29) is 25.3 Å². The molecule has 0 bridgehead atoms. The average Bonchev–Trinajstić information content (AvgIpc) is 4.03. The van der Waals surface area contributed by atoms with Crippen molar-refractivity contribution in [1.82, 2.24) is 24.9 Å². The number of pyridine rings is 2. The molecule has 1 aliphatic heterocycles. The maximum Gasteiger partial charge on any atom is 0.259 e. The Morgan fingerprint density at radius 1 is 1.14 bits per heavy atom. The number of aromatic nitrogens is 2. The summed E-state index contributed by atoms with van der Waals surface area (Å²) in [5.74, 6) is -1.36. The quantitative estimate of drug-likeness (QED) is 0.222. The summed E-state index contributed by atoms with van der Waals surface area (Å²) in [4.78, 5) is 52.1. The van der Waals surface area contributed by atoms with Gasteiger partial charge in [-0.05, 0) is 67.0 Å². The predicted octanol–water partition coefficient (Wildman–Crippen LogP) is 2.66. The Labute approximate surface area is 290 Å². The van der Waals surface area contributed by atoms with Crippen molar-refractivity contribution in [1.29, 1.82) is 5.26 Å². The molecule has 2 aromatic heterocycles. The van der Waals surface area contributed by atoms with Crippen molar-refractivity contribution >= 4 is 44.3 Å². The van der Waals surface area contributed by atoms with Crippen molar-refractivity contribution in [2.24, 2.45) is 11.8 Å². The minimum atomic E-state index is -3.88. The van der Waals surface area contributed by atoms with Crippen LogP contribution in [0.4, 0.5) is 5.82 Å². The molecule has 262 valence electrons. The number of sulfonamides is 1. The van der Waals surface area contributed by atoms with Crippen LogP contribution in [0.2, 0.25) is 0 Å². The van der Waals surface area contributed by atoms with Gasteiger partial charge in [-0.3, -0.25) is 19.1 Å². The third-order valence-corrected chi connectivity index (χ3v) is 11.3. The van der Waals surface area contributed by atoms with E-state index in [0.29, 0.717) is 41.2 Å². The Morgan fingerprint density at radius 2 is 1.90 bits per heavy atom. The van der Waals surface area contributed by atoms with Crippen LogP contribution in [0.1, 0.15) is 45.1 Å². The molecule has 3 aliphatic rings. The van der Waals surface area contributed by atoms with Gasteiger partial charge >= 0.3 is 0 Å². The van der Waals surface area contributed by atoms with Crippen LogP contribution in [0.3, 0.4) is 0 Å². The van der Waals surface area contributed by atoms with Gasteiger partial charge in [-0.25, -0.2) is 18.4 Å². The number of hydrogen-bond donors (Lipinski definition) is 3. The van der Waals surface area contributed by atoms with Crippen molar-refractivity contribution in [3.8, 4) is 17.7 Å². The first-order chi connectivity index (χ1) is 23.9. The molecule has 14 nitrogen and oxygen atoms in total. The first kappa shape index (κ1) is 34.6. The van der Waals surface area contributed by atoms with Crippen LogP contribution in [0.15, 0.2) is 61.4 Å². The van der Waals surface area contributed by atoms with Gasteiger partial charge in [0.05, 0.1) is 30.5 Å². The van der Waals surface area contributed by atoms with E-state index < -0.39 is 62.6 Å². The lowest BCUT2D eigenvalue weighted by Crippen LogP contribution is -2.58. The van der Waals surface area contributed by atoms with Gasteiger partial charge in [0.15, 0.2) is 0 Å². The number of nitrogens with one attached hydrogen (secondary N) is 3. The molecule has 3 N–H and O–H groups in total. The monoisotopic (exact) mass is 701 g/mol. The van der Waals surface area contributed by atoms with E-state index in [2.05, 4.69) is 38.0 Å². The summed E-state index contributed by atoms with van der Waals surface area (Å²) < 4.78 is 39.2. The Kier molecular flexibility index (Phi) is 9.41. The predicted molar refractivity (Wildman–Crippen MR) is 183 cm³/mol. The number of ether oxygens (including phenoxy) is 2. The highest BCUT2D eigenvalue weighted by molar-refractivity contribution is 7.91. The van der Waals surface area contributed by atoms with E-state index in [1.165, 1.54) is 23.2 Å². The number of carbonyl (C=O) groups is 3. The first-order valence-electron chi connectivity index (χ1n) is 16.4. The number of fused-ring (bicyclic) bond motifs is 1. The van der Waals surface area contributed by atoms with Crippen molar-refractivity contribution in [2.45, 2.75) is 68.5 Å². The van der Waals surface area contributed by atoms with Crippen LogP contribution in [0.25, 0.3) is 10.8 Å². The largest absolute Gasteiger partial charge is 0.497 e. The van der Waals surface area contributed by atoms with Gasteiger partial charge in [0.1, 0.15) is 35.3 Å². The zero-order chi connectivity index (χ0) is 35.8. The molecule has 3 heterocycles. The highest BCUT2D eigenvalue weighted by atomic mass is 32.2. The van der Waals surface area contributed by atoms with E-state index in [1.807, 2.05) is 32.0 Å². The molecule has 15 heteroatoms. The van der Waals surface area contributed by atoms with E-state index in [1.54, 1.807) is 25.4 Å². The summed E-state index contributed by atoms with van der Waals surface area (Å²) >= 11 is 0. The number of likely N-dealkylation sites (tertiary alicyclic amines) is 1. The summed E-state index contributed by atoms with van der Waals surface area (Å²) in [5.41, 5.74) is -1.17. The maximum atomic E-state index is 14.4. The second-order valence-electron chi connectivity index (χ2n) is 13.3. The van der Waals surface area contributed by atoms with Gasteiger partial charge in [0, 0.05) is 30.1 Å². The minimum absolute atomic E-state index is 0.0157. The number of hydrogen-bond acceptors (Lipinski definition) is 11. The Bertz CT molecular complexity index is 1990.